The van der Waals surface area contributed by atoms with Crippen molar-refractivity contribution >= 4 is 5.97 Å². The van der Waals surface area contributed by atoms with Crippen molar-refractivity contribution in [1.82, 2.24) is 0 Å². The third kappa shape index (κ3) is 0.580. The van der Waals surface area contributed by atoms with Gasteiger partial charge in [-0.3, -0.25) is 0 Å². The molecule has 1 aliphatic carbocycles. The van der Waals surface area contributed by atoms with Crippen molar-refractivity contribution in [1.29, 1.82) is 0 Å². The molecule has 3 nitrogen and oxygen atoms in total. The Morgan fingerprint density at radius 1 is 1.44 bits per heavy atom. The minimum atomic E-state index is -1.42. The molecular formula is C6H10O3. The van der Waals surface area contributed by atoms with Gasteiger partial charge in [0.2, 0.25) is 0 Å². The van der Waals surface area contributed by atoms with Gasteiger partial charge in [-0.15, -0.1) is 0 Å². The summed E-state index contributed by atoms with van der Waals surface area (Å²) in [6.07, 6.45) is 0. The second-order valence-corrected chi connectivity index (χ2v) is 2.71. The van der Waals surface area contributed by atoms with E-state index in [1.54, 1.807) is 13.8 Å². The molecule has 0 aromatic rings. The van der Waals surface area contributed by atoms with Gasteiger partial charge in [-0.05, 0) is 0 Å². The molecule has 0 amide bonds. The van der Waals surface area contributed by atoms with Gasteiger partial charge in [0, 0.05) is 11.8 Å². The Morgan fingerprint density at radius 2 is 1.78 bits per heavy atom. The van der Waals surface area contributed by atoms with Crippen molar-refractivity contribution < 1.29 is 15.0 Å². The second kappa shape index (κ2) is 1.48. The number of rotatable bonds is 1. The van der Waals surface area contributed by atoms with Crippen LogP contribution in [0.4, 0.5) is 0 Å². The van der Waals surface area contributed by atoms with Crippen molar-refractivity contribution in [2.75, 3.05) is 0 Å². The van der Waals surface area contributed by atoms with Crippen LogP contribution in [-0.4, -0.2) is 21.8 Å². The number of aliphatic hydroxyl groups is 1. The van der Waals surface area contributed by atoms with Gasteiger partial charge in [0.05, 0.1) is 0 Å². The van der Waals surface area contributed by atoms with Gasteiger partial charge < -0.3 is 10.2 Å². The molecule has 2 unspecified atom stereocenters. The van der Waals surface area contributed by atoms with Crippen LogP contribution in [0.15, 0.2) is 0 Å². The maximum absolute atomic E-state index is 10.3. The van der Waals surface area contributed by atoms with Crippen LogP contribution in [0.1, 0.15) is 13.8 Å². The lowest BCUT2D eigenvalue weighted by atomic mass is 10.3. The molecule has 0 saturated heterocycles. The van der Waals surface area contributed by atoms with Crippen LogP contribution in [0, 0.1) is 11.8 Å². The number of aliphatic carboxylic acids is 1. The first-order chi connectivity index (χ1) is 4.01. The number of hydrogen-bond acceptors (Lipinski definition) is 2. The van der Waals surface area contributed by atoms with Gasteiger partial charge >= 0.3 is 5.97 Å². The Morgan fingerprint density at radius 3 is 1.78 bits per heavy atom. The van der Waals surface area contributed by atoms with E-state index in [1.807, 2.05) is 0 Å². The molecule has 3 heteroatoms. The molecule has 0 spiro atoms. The second-order valence-electron chi connectivity index (χ2n) is 2.71. The molecule has 1 saturated carbocycles. The molecule has 52 valence electrons. The first-order valence-electron chi connectivity index (χ1n) is 2.97. The zero-order chi connectivity index (χ0) is 7.23. The number of carboxylic acids is 1. The predicted molar refractivity (Wildman–Crippen MR) is 30.9 cm³/mol. The number of hydrogen-bond donors (Lipinski definition) is 2. The monoisotopic (exact) mass is 130 g/mol. The minimum Gasteiger partial charge on any atom is -0.479 e. The highest BCUT2D eigenvalue weighted by atomic mass is 16.4. The van der Waals surface area contributed by atoms with E-state index in [2.05, 4.69) is 0 Å². The molecule has 0 aliphatic heterocycles. The SMILES string of the molecule is CC1C(C)C1(O)C(=O)O. The van der Waals surface area contributed by atoms with Gasteiger partial charge in [0.15, 0.2) is 5.60 Å². The largest absolute Gasteiger partial charge is 0.479 e. The van der Waals surface area contributed by atoms with E-state index in [-0.39, 0.29) is 11.8 Å². The summed E-state index contributed by atoms with van der Waals surface area (Å²) in [4.78, 5) is 10.3. The molecule has 2 atom stereocenters. The molecule has 0 aromatic carbocycles. The van der Waals surface area contributed by atoms with E-state index in [0.717, 1.165) is 0 Å². The molecule has 1 aliphatic rings. The van der Waals surface area contributed by atoms with Crippen molar-refractivity contribution in [3.8, 4) is 0 Å². The summed E-state index contributed by atoms with van der Waals surface area (Å²) < 4.78 is 0. The van der Waals surface area contributed by atoms with Crippen LogP contribution in [0.2, 0.25) is 0 Å². The van der Waals surface area contributed by atoms with Crippen molar-refractivity contribution in [2.24, 2.45) is 11.8 Å². The third-order valence-corrected chi connectivity index (χ3v) is 2.37. The average Bonchev–Trinajstić information content (AvgIpc) is 2.22. The number of carbonyl (C=O) groups is 1. The van der Waals surface area contributed by atoms with Crippen LogP contribution in [0.5, 0.6) is 0 Å². The topological polar surface area (TPSA) is 57.5 Å². The van der Waals surface area contributed by atoms with Gasteiger partial charge in [-0.2, -0.15) is 0 Å². The quantitative estimate of drug-likeness (QED) is 0.528. The molecule has 0 bridgehead atoms. The van der Waals surface area contributed by atoms with E-state index < -0.39 is 11.6 Å². The van der Waals surface area contributed by atoms with Crippen molar-refractivity contribution in [2.45, 2.75) is 19.4 Å². The van der Waals surface area contributed by atoms with Crippen LogP contribution in [0.3, 0.4) is 0 Å². The first-order valence-corrected chi connectivity index (χ1v) is 2.97. The van der Waals surface area contributed by atoms with E-state index in [9.17, 15) is 4.79 Å². The third-order valence-electron chi connectivity index (χ3n) is 2.37. The van der Waals surface area contributed by atoms with Crippen LogP contribution >= 0.6 is 0 Å². The van der Waals surface area contributed by atoms with E-state index in [0.29, 0.717) is 0 Å². The summed E-state index contributed by atoms with van der Waals surface area (Å²) in [6, 6.07) is 0. The maximum atomic E-state index is 10.3. The normalized spacial score (nSPS) is 48.8. The lowest BCUT2D eigenvalue weighted by molar-refractivity contribution is -0.150. The van der Waals surface area contributed by atoms with Crippen molar-refractivity contribution in [3.63, 3.8) is 0 Å². The predicted octanol–water partition coefficient (Wildman–Crippen LogP) is 0.0879. The van der Waals surface area contributed by atoms with Crippen LogP contribution in [-0.2, 0) is 4.79 Å². The fraction of sp³-hybridized carbons (Fsp3) is 0.833. The Hall–Kier alpha value is -0.570. The maximum Gasteiger partial charge on any atom is 0.336 e. The smallest absolute Gasteiger partial charge is 0.336 e. The fourth-order valence-corrected chi connectivity index (χ4v) is 1.14. The zero-order valence-electron chi connectivity index (χ0n) is 5.46. The Balaban J connectivity index is 2.71. The fourth-order valence-electron chi connectivity index (χ4n) is 1.14. The standard InChI is InChI=1S/C6H10O3/c1-3-4(2)6(3,9)5(7)8/h3-4,9H,1-2H3,(H,7,8). The van der Waals surface area contributed by atoms with Gasteiger partial charge in [0.1, 0.15) is 0 Å². The zero-order valence-corrected chi connectivity index (χ0v) is 5.46. The van der Waals surface area contributed by atoms with Gasteiger partial charge in [-0.1, -0.05) is 13.8 Å². The molecule has 0 radical (unpaired) electrons. The van der Waals surface area contributed by atoms with E-state index in [1.165, 1.54) is 0 Å². The summed E-state index contributed by atoms with van der Waals surface area (Å²) >= 11 is 0. The summed E-state index contributed by atoms with van der Waals surface area (Å²) in [7, 11) is 0. The Bertz CT molecular complexity index is 144. The van der Waals surface area contributed by atoms with Gasteiger partial charge in [-0.25, -0.2) is 4.79 Å². The molecule has 9 heavy (non-hydrogen) atoms. The molecule has 1 fully saturated rings. The van der Waals surface area contributed by atoms with Crippen LogP contribution < -0.4 is 0 Å². The highest BCUT2D eigenvalue weighted by Crippen LogP contribution is 2.49. The van der Waals surface area contributed by atoms with E-state index in [4.69, 9.17) is 10.2 Å². The molecule has 0 heterocycles. The average molecular weight is 130 g/mol. The Kier molecular flexibility index (Phi) is 1.07. The van der Waals surface area contributed by atoms with Crippen LogP contribution in [0.25, 0.3) is 0 Å². The highest BCUT2D eigenvalue weighted by molar-refractivity contribution is 5.82. The summed E-state index contributed by atoms with van der Waals surface area (Å²) in [5.41, 5.74) is -1.42. The lowest BCUT2D eigenvalue weighted by Gasteiger charge is -1.99. The molecular weight excluding hydrogens is 120 g/mol. The van der Waals surface area contributed by atoms with Gasteiger partial charge in [0.25, 0.3) is 0 Å². The minimum absolute atomic E-state index is 0.0880. The molecule has 0 aromatic heterocycles. The van der Waals surface area contributed by atoms with E-state index >= 15 is 0 Å². The molecule has 2 N–H and O–H groups in total. The summed E-state index contributed by atoms with van der Waals surface area (Å²) in [5.74, 6) is -1.27. The summed E-state index contributed by atoms with van der Waals surface area (Å²) in [6.45, 7) is 3.47. The highest BCUT2D eigenvalue weighted by Gasteiger charge is 2.64. The Labute approximate surface area is 53.3 Å². The number of carboxylic acid groups (broad SMARTS) is 1. The van der Waals surface area contributed by atoms with Crippen molar-refractivity contribution in [3.05, 3.63) is 0 Å². The lowest BCUT2D eigenvalue weighted by Crippen LogP contribution is -2.24. The first kappa shape index (κ1) is 6.55. The molecule has 1 rings (SSSR count). The summed E-state index contributed by atoms with van der Waals surface area (Å²) in [5, 5.41) is 17.5.